The van der Waals surface area contributed by atoms with Crippen molar-refractivity contribution in [3.63, 3.8) is 0 Å². The van der Waals surface area contributed by atoms with E-state index >= 15 is 0 Å². The molecule has 202 valence electrons. The number of rotatable bonds is 13. The minimum Gasteiger partial charge on any atom is -0.497 e. The Balaban J connectivity index is 1.40. The molecule has 0 fully saturated rings. The normalized spacial score (nSPS) is 10.6. The number of hydrogen-bond acceptors (Lipinski definition) is 7. The maximum atomic E-state index is 12.7. The molecule has 0 spiro atoms. The van der Waals surface area contributed by atoms with Gasteiger partial charge in [-0.25, -0.2) is 0 Å². The number of carbonyl (C=O) groups excluding carboxylic acids is 2. The van der Waals surface area contributed by atoms with Gasteiger partial charge in [0.15, 0.2) is 11.0 Å². The van der Waals surface area contributed by atoms with E-state index in [0.717, 1.165) is 12.2 Å². The van der Waals surface area contributed by atoms with Crippen LogP contribution in [-0.2, 0) is 24.3 Å². The molecule has 1 aromatic heterocycles. The summed E-state index contributed by atoms with van der Waals surface area (Å²) >= 11 is 1.30. The molecule has 0 saturated heterocycles. The summed E-state index contributed by atoms with van der Waals surface area (Å²) in [4.78, 5) is 25.3. The zero-order valence-corrected chi connectivity index (χ0v) is 22.7. The Kier molecular flexibility index (Phi) is 9.96. The highest BCUT2D eigenvalue weighted by Crippen LogP contribution is 2.20. The number of nitrogens with one attached hydrogen (secondary N) is 2. The molecule has 0 atom stereocenters. The Morgan fingerprint density at radius 2 is 1.64 bits per heavy atom. The first-order chi connectivity index (χ1) is 19.1. The zero-order valence-electron chi connectivity index (χ0n) is 21.9. The van der Waals surface area contributed by atoms with Gasteiger partial charge in [0.2, 0.25) is 5.91 Å². The number of carbonyl (C=O) groups is 2. The highest BCUT2D eigenvalue weighted by molar-refractivity contribution is 7.99. The Bertz CT molecular complexity index is 1360. The second-order valence-electron chi connectivity index (χ2n) is 8.49. The zero-order chi connectivity index (χ0) is 27.5. The average Bonchev–Trinajstić information content (AvgIpc) is 3.37. The SMILES string of the molecule is CCOc1ccc(NC(=O)CSc2nnc(CNC(=O)c3ccc(OC)cc3)n2CCc2ccccc2)cc1. The number of hydrogen-bond donors (Lipinski definition) is 2. The van der Waals surface area contributed by atoms with Crippen molar-refractivity contribution in [3.05, 3.63) is 95.8 Å². The number of methoxy groups -OCH3 is 1. The summed E-state index contributed by atoms with van der Waals surface area (Å²) in [6.07, 6.45) is 0.754. The lowest BCUT2D eigenvalue weighted by molar-refractivity contribution is -0.113. The standard InChI is InChI=1S/C29H31N5O4S/c1-3-38-25-15-11-23(12-16-25)31-27(35)20-39-29-33-32-26(34(29)18-17-21-7-5-4-6-8-21)19-30-28(36)22-9-13-24(37-2)14-10-22/h4-16H,3,17-20H2,1-2H3,(H,30,36)(H,31,35). The van der Waals surface area contributed by atoms with Crippen molar-refractivity contribution < 1.29 is 19.1 Å². The molecular weight excluding hydrogens is 514 g/mol. The van der Waals surface area contributed by atoms with Crippen LogP contribution in [0.5, 0.6) is 11.5 Å². The third-order valence-corrected chi connectivity index (χ3v) is 6.77. The molecule has 4 rings (SSSR count). The molecular formula is C29H31N5O4S. The van der Waals surface area contributed by atoms with E-state index in [1.165, 1.54) is 17.3 Å². The first-order valence-corrected chi connectivity index (χ1v) is 13.6. The predicted octanol–water partition coefficient (Wildman–Crippen LogP) is 4.59. The number of nitrogens with zero attached hydrogens (tertiary/aromatic N) is 3. The molecule has 1 heterocycles. The minimum absolute atomic E-state index is 0.156. The summed E-state index contributed by atoms with van der Waals surface area (Å²) in [5.74, 6) is 1.83. The predicted molar refractivity (Wildman–Crippen MR) is 151 cm³/mol. The van der Waals surface area contributed by atoms with Crippen LogP contribution in [0.1, 0.15) is 28.7 Å². The van der Waals surface area contributed by atoms with E-state index in [4.69, 9.17) is 9.47 Å². The van der Waals surface area contributed by atoms with Crippen LogP contribution in [-0.4, -0.2) is 46.0 Å². The quantitative estimate of drug-likeness (QED) is 0.237. The Labute approximate surface area is 231 Å². The molecule has 0 unspecified atom stereocenters. The van der Waals surface area contributed by atoms with Crippen molar-refractivity contribution in [1.82, 2.24) is 20.1 Å². The molecule has 0 bridgehead atoms. The van der Waals surface area contributed by atoms with E-state index in [0.29, 0.717) is 41.1 Å². The minimum atomic E-state index is -0.223. The summed E-state index contributed by atoms with van der Waals surface area (Å²) in [5, 5.41) is 15.1. The van der Waals surface area contributed by atoms with Crippen LogP contribution in [0.3, 0.4) is 0 Å². The highest BCUT2D eigenvalue weighted by atomic mass is 32.2. The second-order valence-corrected chi connectivity index (χ2v) is 9.43. The lowest BCUT2D eigenvalue weighted by atomic mass is 10.1. The summed E-state index contributed by atoms with van der Waals surface area (Å²) in [7, 11) is 1.58. The first kappa shape index (κ1) is 27.7. The van der Waals surface area contributed by atoms with Crippen LogP contribution < -0.4 is 20.1 Å². The maximum absolute atomic E-state index is 12.7. The molecule has 0 aliphatic carbocycles. The van der Waals surface area contributed by atoms with Gasteiger partial charge in [-0.1, -0.05) is 42.1 Å². The molecule has 0 aliphatic heterocycles. The number of ether oxygens (including phenoxy) is 2. The van der Waals surface area contributed by atoms with Crippen molar-refractivity contribution in [2.75, 3.05) is 24.8 Å². The van der Waals surface area contributed by atoms with Crippen LogP contribution in [0.15, 0.2) is 84.0 Å². The number of thioether (sulfide) groups is 1. The van der Waals surface area contributed by atoms with Gasteiger partial charge in [0.1, 0.15) is 11.5 Å². The van der Waals surface area contributed by atoms with Gasteiger partial charge in [0.05, 0.1) is 26.0 Å². The number of aromatic nitrogens is 3. The fourth-order valence-electron chi connectivity index (χ4n) is 3.80. The van der Waals surface area contributed by atoms with Crippen molar-refractivity contribution in [2.45, 2.75) is 31.6 Å². The van der Waals surface area contributed by atoms with Gasteiger partial charge in [-0.15, -0.1) is 10.2 Å². The molecule has 0 radical (unpaired) electrons. The molecule has 10 heteroatoms. The number of benzene rings is 3. The van der Waals surface area contributed by atoms with Crippen molar-refractivity contribution >= 4 is 29.3 Å². The molecule has 2 amide bonds. The fourth-order valence-corrected chi connectivity index (χ4v) is 4.58. The fraction of sp³-hybridized carbons (Fsp3) is 0.241. The maximum Gasteiger partial charge on any atom is 0.251 e. The van der Waals surface area contributed by atoms with Crippen LogP contribution in [0.4, 0.5) is 5.69 Å². The van der Waals surface area contributed by atoms with Crippen molar-refractivity contribution in [2.24, 2.45) is 0 Å². The smallest absolute Gasteiger partial charge is 0.251 e. The largest absolute Gasteiger partial charge is 0.497 e. The summed E-state index contributed by atoms with van der Waals surface area (Å²) in [5.41, 5.74) is 2.38. The van der Waals surface area contributed by atoms with Gasteiger partial charge in [-0.05, 0) is 67.4 Å². The van der Waals surface area contributed by atoms with Crippen molar-refractivity contribution in [1.29, 1.82) is 0 Å². The van der Waals surface area contributed by atoms with Gasteiger partial charge < -0.3 is 24.7 Å². The van der Waals surface area contributed by atoms with Crippen LogP contribution in [0, 0.1) is 0 Å². The third-order valence-electron chi connectivity index (χ3n) is 5.80. The van der Waals surface area contributed by atoms with E-state index in [-0.39, 0.29) is 24.1 Å². The number of amides is 2. The molecule has 0 saturated carbocycles. The summed E-state index contributed by atoms with van der Waals surface area (Å²) < 4.78 is 12.6. The molecule has 0 aliphatic rings. The van der Waals surface area contributed by atoms with Crippen LogP contribution >= 0.6 is 11.8 Å². The third kappa shape index (κ3) is 8.08. The van der Waals surface area contributed by atoms with Gasteiger partial charge >= 0.3 is 0 Å². The number of anilines is 1. The lowest BCUT2D eigenvalue weighted by Gasteiger charge is -2.12. The van der Waals surface area contributed by atoms with E-state index in [2.05, 4.69) is 33.0 Å². The lowest BCUT2D eigenvalue weighted by Crippen LogP contribution is -2.25. The van der Waals surface area contributed by atoms with Crippen LogP contribution in [0.2, 0.25) is 0 Å². The molecule has 4 aromatic rings. The van der Waals surface area contributed by atoms with E-state index in [9.17, 15) is 9.59 Å². The van der Waals surface area contributed by atoms with Crippen molar-refractivity contribution in [3.8, 4) is 11.5 Å². The topological polar surface area (TPSA) is 107 Å². The molecule has 2 N–H and O–H groups in total. The monoisotopic (exact) mass is 545 g/mol. The Hall–Kier alpha value is -4.31. The average molecular weight is 546 g/mol. The summed E-state index contributed by atoms with van der Waals surface area (Å²) in [6, 6.07) is 24.2. The summed E-state index contributed by atoms with van der Waals surface area (Å²) in [6.45, 7) is 3.31. The van der Waals surface area contributed by atoms with Gasteiger partial charge in [0.25, 0.3) is 5.91 Å². The first-order valence-electron chi connectivity index (χ1n) is 12.6. The van der Waals surface area contributed by atoms with Gasteiger partial charge in [-0.3, -0.25) is 9.59 Å². The van der Waals surface area contributed by atoms with E-state index in [1.54, 1.807) is 43.5 Å². The van der Waals surface area contributed by atoms with Gasteiger partial charge in [-0.2, -0.15) is 0 Å². The van der Waals surface area contributed by atoms with Gasteiger partial charge in [0, 0.05) is 17.8 Å². The van der Waals surface area contributed by atoms with Crippen LogP contribution in [0.25, 0.3) is 0 Å². The Morgan fingerprint density at radius 1 is 0.923 bits per heavy atom. The van der Waals surface area contributed by atoms with E-state index in [1.807, 2.05) is 41.8 Å². The molecule has 3 aromatic carbocycles. The highest BCUT2D eigenvalue weighted by Gasteiger charge is 2.16. The molecule has 39 heavy (non-hydrogen) atoms. The molecule has 9 nitrogen and oxygen atoms in total. The second kappa shape index (κ2) is 14.0. The van der Waals surface area contributed by atoms with E-state index < -0.39 is 0 Å². The Morgan fingerprint density at radius 3 is 2.33 bits per heavy atom. The number of aryl methyl sites for hydroxylation is 1.